The highest BCUT2D eigenvalue weighted by atomic mass is 19.1. The van der Waals surface area contributed by atoms with Gasteiger partial charge in [0.25, 0.3) is 11.8 Å². The monoisotopic (exact) mass is 445 g/mol. The molecule has 1 aromatic heterocycles. The maximum atomic E-state index is 13.9. The van der Waals surface area contributed by atoms with E-state index in [9.17, 15) is 33.4 Å². The Morgan fingerprint density at radius 2 is 2.03 bits per heavy atom. The summed E-state index contributed by atoms with van der Waals surface area (Å²) in [5.74, 6) is -3.88. The van der Waals surface area contributed by atoms with Gasteiger partial charge in [0.15, 0.2) is 11.4 Å². The summed E-state index contributed by atoms with van der Waals surface area (Å²) >= 11 is 0. The van der Waals surface area contributed by atoms with Crippen LogP contribution in [0.15, 0.2) is 23.0 Å². The highest BCUT2D eigenvalue weighted by Crippen LogP contribution is 2.49. The number of hydrogen-bond acceptors (Lipinski definition) is 5. The van der Waals surface area contributed by atoms with Gasteiger partial charge in [-0.15, -0.1) is 0 Å². The minimum absolute atomic E-state index is 0.00469. The molecule has 3 aliphatic rings. The Hall–Kier alpha value is -3.27. The molecule has 8 nitrogen and oxygen atoms in total. The van der Waals surface area contributed by atoms with Gasteiger partial charge in [-0.1, -0.05) is 6.07 Å². The highest BCUT2D eigenvalue weighted by molar-refractivity contribution is 6.00. The minimum atomic E-state index is -1.18. The third-order valence-electron chi connectivity index (χ3n) is 6.73. The smallest absolute Gasteiger partial charge is 0.274 e. The molecule has 5 rings (SSSR count). The first-order chi connectivity index (χ1) is 15.2. The maximum Gasteiger partial charge on any atom is 0.274 e. The number of benzene rings is 1. The molecule has 1 saturated heterocycles. The molecule has 1 aromatic carbocycles. The number of carbonyl (C=O) groups is 2. The van der Waals surface area contributed by atoms with E-state index in [0.717, 1.165) is 18.9 Å². The van der Waals surface area contributed by atoms with Crippen molar-refractivity contribution in [3.05, 3.63) is 62.6 Å². The van der Waals surface area contributed by atoms with Gasteiger partial charge in [0.05, 0.1) is 17.3 Å². The molecule has 2 amide bonds. The number of rotatable bonds is 3. The number of halogens is 2. The van der Waals surface area contributed by atoms with Gasteiger partial charge in [-0.05, 0) is 25.3 Å². The third-order valence-corrected chi connectivity index (χ3v) is 6.73. The highest BCUT2D eigenvalue weighted by Gasteiger charge is 2.53. The first kappa shape index (κ1) is 20.6. The van der Waals surface area contributed by atoms with Crippen LogP contribution in [-0.4, -0.2) is 44.6 Å². The van der Waals surface area contributed by atoms with E-state index in [2.05, 4.69) is 5.32 Å². The molecule has 0 aliphatic carbocycles. The summed E-state index contributed by atoms with van der Waals surface area (Å²) in [6, 6.07) is 2.89. The van der Waals surface area contributed by atoms with Crippen LogP contribution in [0.2, 0.25) is 0 Å². The summed E-state index contributed by atoms with van der Waals surface area (Å²) in [5.41, 5.74) is -2.44. The van der Waals surface area contributed by atoms with Crippen LogP contribution in [0.25, 0.3) is 0 Å². The zero-order valence-electron chi connectivity index (χ0n) is 17.0. The Morgan fingerprint density at radius 3 is 2.78 bits per heavy atom. The van der Waals surface area contributed by atoms with Gasteiger partial charge in [0.2, 0.25) is 5.43 Å². The molecule has 32 heavy (non-hydrogen) atoms. The lowest BCUT2D eigenvalue weighted by Gasteiger charge is -2.41. The van der Waals surface area contributed by atoms with E-state index in [1.54, 1.807) is 4.90 Å². The topological polar surface area (TPSA) is 112 Å². The molecule has 2 atom stereocenters. The van der Waals surface area contributed by atoms with Crippen molar-refractivity contribution >= 4 is 11.8 Å². The summed E-state index contributed by atoms with van der Waals surface area (Å²) in [5, 5.41) is 23.9. The number of aliphatic hydroxyl groups excluding tert-OH is 1. The van der Waals surface area contributed by atoms with Crippen molar-refractivity contribution in [2.75, 3.05) is 13.1 Å². The number of nitrogens with one attached hydrogen (secondary N) is 1. The molecular formula is C22H21F2N3O5. The number of aromatic nitrogens is 1. The number of aromatic hydroxyl groups is 1. The molecule has 0 saturated carbocycles. The lowest BCUT2D eigenvalue weighted by Crippen LogP contribution is -2.52. The number of nitrogens with zero attached hydrogens (tertiary/aromatic N) is 2. The van der Waals surface area contributed by atoms with Crippen molar-refractivity contribution in [3.8, 4) is 5.75 Å². The van der Waals surface area contributed by atoms with Crippen molar-refractivity contribution in [3.63, 3.8) is 0 Å². The number of hydrogen-bond donors (Lipinski definition) is 3. The van der Waals surface area contributed by atoms with Crippen LogP contribution in [0.4, 0.5) is 8.78 Å². The van der Waals surface area contributed by atoms with Crippen molar-refractivity contribution in [2.45, 2.75) is 43.9 Å². The average Bonchev–Trinajstić information content (AvgIpc) is 2.90. The minimum Gasteiger partial charge on any atom is -0.503 e. The van der Waals surface area contributed by atoms with Gasteiger partial charge < -0.3 is 25.0 Å². The van der Waals surface area contributed by atoms with Crippen molar-refractivity contribution < 1.29 is 28.6 Å². The van der Waals surface area contributed by atoms with Crippen LogP contribution >= 0.6 is 0 Å². The zero-order chi connectivity index (χ0) is 22.8. The van der Waals surface area contributed by atoms with Crippen molar-refractivity contribution in [2.24, 2.45) is 0 Å². The second-order valence-electron chi connectivity index (χ2n) is 8.67. The normalized spacial score (nSPS) is 23.7. The van der Waals surface area contributed by atoms with Gasteiger partial charge in [-0.2, -0.15) is 0 Å². The van der Waals surface area contributed by atoms with Crippen LogP contribution in [0, 0.1) is 11.6 Å². The van der Waals surface area contributed by atoms with Gasteiger partial charge in [-0.3, -0.25) is 14.4 Å². The predicted molar refractivity (Wildman–Crippen MR) is 107 cm³/mol. The maximum absolute atomic E-state index is 13.9. The Labute approximate surface area is 181 Å². The summed E-state index contributed by atoms with van der Waals surface area (Å²) in [7, 11) is 0. The van der Waals surface area contributed by atoms with Crippen LogP contribution in [-0.2, 0) is 12.1 Å². The first-order valence-electron chi connectivity index (χ1n) is 10.5. The predicted octanol–water partition coefficient (Wildman–Crippen LogP) is 1.53. The molecule has 2 aromatic rings. The molecule has 0 radical (unpaired) electrons. The molecule has 1 spiro atoms. The molecule has 2 bridgehead atoms. The van der Waals surface area contributed by atoms with E-state index in [1.807, 2.05) is 0 Å². The molecule has 168 valence electrons. The summed E-state index contributed by atoms with van der Waals surface area (Å²) in [6.45, 7) is 0.485. The summed E-state index contributed by atoms with van der Waals surface area (Å²) < 4.78 is 28.5. The van der Waals surface area contributed by atoms with Crippen LogP contribution in [0.5, 0.6) is 5.75 Å². The first-order valence-corrected chi connectivity index (χ1v) is 10.5. The zero-order valence-corrected chi connectivity index (χ0v) is 17.0. The molecule has 4 heterocycles. The SMILES string of the molecule is O=C(NCc1ccc(F)cc1F)c1c2n3c(c(O)c1=O)C(=O)N1CCCC[C@]3(C[C@@H]2O)C1. The number of aliphatic hydroxyl groups is 1. The third kappa shape index (κ3) is 2.85. The summed E-state index contributed by atoms with van der Waals surface area (Å²) in [6.07, 6.45) is 1.19. The molecule has 10 heteroatoms. The second-order valence-corrected chi connectivity index (χ2v) is 8.67. The Bertz CT molecular complexity index is 1230. The van der Waals surface area contributed by atoms with Crippen LogP contribution < -0.4 is 10.7 Å². The number of amides is 2. The second kappa shape index (κ2) is 7.13. The quantitative estimate of drug-likeness (QED) is 0.664. The van der Waals surface area contributed by atoms with Gasteiger partial charge in [0.1, 0.15) is 17.2 Å². The van der Waals surface area contributed by atoms with Gasteiger partial charge in [-0.25, -0.2) is 8.78 Å². The number of fused-ring (bicyclic) bond motifs is 1. The summed E-state index contributed by atoms with van der Waals surface area (Å²) in [4.78, 5) is 40.5. The van der Waals surface area contributed by atoms with Crippen LogP contribution in [0.3, 0.4) is 0 Å². The van der Waals surface area contributed by atoms with E-state index in [0.29, 0.717) is 25.6 Å². The Kier molecular flexibility index (Phi) is 4.59. The van der Waals surface area contributed by atoms with Crippen molar-refractivity contribution in [1.82, 2.24) is 14.8 Å². The number of carbonyl (C=O) groups excluding carboxylic acids is 2. The van der Waals surface area contributed by atoms with E-state index < -0.39 is 51.8 Å². The molecular weight excluding hydrogens is 424 g/mol. The average molecular weight is 445 g/mol. The lowest BCUT2D eigenvalue weighted by atomic mass is 9.88. The molecule has 1 fully saturated rings. The van der Waals surface area contributed by atoms with E-state index in [-0.39, 0.29) is 29.9 Å². The lowest BCUT2D eigenvalue weighted by molar-refractivity contribution is 0.0549. The van der Waals surface area contributed by atoms with Crippen molar-refractivity contribution in [1.29, 1.82) is 0 Å². The Morgan fingerprint density at radius 1 is 1.25 bits per heavy atom. The van der Waals surface area contributed by atoms with E-state index in [1.165, 1.54) is 10.6 Å². The standard InChI is InChI=1S/C22H21F2N3O5/c23-12-4-3-11(13(24)7-12)9-25-20(31)15-16-14(28)8-22-5-1-2-6-26(10-22)21(32)17(27(16)22)19(30)18(15)29/h3-4,7,14,28,30H,1-2,5-6,8-10H2,(H,25,31)/t14-,22-/m0/s1. The van der Waals surface area contributed by atoms with Gasteiger partial charge in [0, 0.05) is 37.7 Å². The fraction of sp³-hybridized carbons (Fsp3) is 0.409. The largest absolute Gasteiger partial charge is 0.503 e. The Balaban J connectivity index is 1.60. The van der Waals surface area contributed by atoms with E-state index >= 15 is 0 Å². The molecule has 3 N–H and O–H groups in total. The fourth-order valence-corrected chi connectivity index (χ4v) is 5.32. The van der Waals surface area contributed by atoms with Gasteiger partial charge >= 0.3 is 0 Å². The van der Waals surface area contributed by atoms with Crippen LogP contribution in [0.1, 0.15) is 63.9 Å². The number of pyridine rings is 1. The molecule has 3 aliphatic heterocycles. The molecule has 0 unspecified atom stereocenters. The van der Waals surface area contributed by atoms with E-state index in [4.69, 9.17) is 0 Å². The fourth-order valence-electron chi connectivity index (χ4n) is 5.32.